The predicted octanol–water partition coefficient (Wildman–Crippen LogP) is 4.77. The summed E-state index contributed by atoms with van der Waals surface area (Å²) >= 11 is 0. The van der Waals surface area contributed by atoms with E-state index in [1.807, 2.05) is 48.5 Å². The van der Waals surface area contributed by atoms with Gasteiger partial charge in [-0.3, -0.25) is 9.59 Å². The molecule has 3 aromatic rings. The van der Waals surface area contributed by atoms with Crippen molar-refractivity contribution < 1.29 is 9.59 Å². The van der Waals surface area contributed by atoms with Crippen molar-refractivity contribution in [1.29, 1.82) is 0 Å². The minimum atomic E-state index is -0.157. The second kappa shape index (κ2) is 5.78. The predicted molar refractivity (Wildman–Crippen MR) is 109 cm³/mol. The zero-order valence-corrected chi connectivity index (χ0v) is 15.5. The molecule has 2 aliphatic carbocycles. The van der Waals surface area contributed by atoms with E-state index in [2.05, 4.69) is 24.3 Å². The number of carbonyl (C=O) groups is 2. The monoisotopic (exact) mass is 367 g/mol. The molecule has 0 radical (unpaired) electrons. The van der Waals surface area contributed by atoms with E-state index in [1.165, 1.54) is 10.5 Å². The zero-order valence-electron chi connectivity index (χ0n) is 15.5. The van der Waals surface area contributed by atoms with Gasteiger partial charge in [0.2, 0.25) is 11.8 Å². The lowest BCUT2D eigenvalue weighted by Gasteiger charge is -2.28. The third-order valence-corrected chi connectivity index (χ3v) is 7.25. The van der Waals surface area contributed by atoms with Crippen LogP contribution in [0.3, 0.4) is 0 Å². The van der Waals surface area contributed by atoms with E-state index in [0.717, 1.165) is 29.3 Å². The first-order valence-electron chi connectivity index (χ1n) is 10.1. The maximum atomic E-state index is 13.5. The highest BCUT2D eigenvalue weighted by Gasteiger charge is 2.64. The van der Waals surface area contributed by atoms with Gasteiger partial charge in [0, 0.05) is 5.39 Å². The van der Waals surface area contributed by atoms with Crippen LogP contribution in [0.25, 0.3) is 10.8 Å². The molecule has 3 nitrogen and oxygen atoms in total. The van der Waals surface area contributed by atoms with Crippen LogP contribution in [0.5, 0.6) is 0 Å². The molecule has 1 saturated heterocycles. The highest BCUT2D eigenvalue weighted by atomic mass is 16.2. The number of nitrogens with zero attached hydrogens (tertiary/aromatic N) is 1. The maximum Gasteiger partial charge on any atom is 0.238 e. The van der Waals surface area contributed by atoms with Gasteiger partial charge >= 0.3 is 0 Å². The number of amides is 2. The second-order valence-corrected chi connectivity index (χ2v) is 8.47. The van der Waals surface area contributed by atoms with Crippen molar-refractivity contribution in [3.8, 4) is 0 Å². The maximum absolute atomic E-state index is 13.5. The van der Waals surface area contributed by atoms with Gasteiger partial charge in [0.1, 0.15) is 0 Å². The molecule has 138 valence electrons. The number of carbonyl (C=O) groups excluding carboxylic acids is 2. The molecular formula is C25H21NO2. The van der Waals surface area contributed by atoms with Gasteiger partial charge in [-0.15, -0.1) is 0 Å². The Bertz CT molecular complexity index is 1100. The Morgan fingerprint density at radius 1 is 0.714 bits per heavy atom. The molecule has 3 fully saturated rings. The Hall–Kier alpha value is -2.94. The largest absolute Gasteiger partial charge is 0.274 e. The Morgan fingerprint density at radius 3 is 2.29 bits per heavy atom. The summed E-state index contributed by atoms with van der Waals surface area (Å²) < 4.78 is 0. The van der Waals surface area contributed by atoms with Gasteiger partial charge in [-0.2, -0.15) is 0 Å². The summed E-state index contributed by atoms with van der Waals surface area (Å²) in [5.74, 6) is 0.763. The summed E-state index contributed by atoms with van der Waals surface area (Å²) in [4.78, 5) is 28.4. The normalized spacial score (nSPS) is 31.0. The van der Waals surface area contributed by atoms with E-state index in [0.29, 0.717) is 11.8 Å². The Morgan fingerprint density at radius 2 is 1.43 bits per heavy atom. The van der Waals surface area contributed by atoms with Gasteiger partial charge in [0.05, 0.1) is 17.5 Å². The molecule has 0 aromatic heterocycles. The van der Waals surface area contributed by atoms with Gasteiger partial charge in [0.25, 0.3) is 0 Å². The number of imide groups is 1. The first-order chi connectivity index (χ1) is 13.7. The summed E-state index contributed by atoms with van der Waals surface area (Å²) in [5.41, 5.74) is 2.07. The van der Waals surface area contributed by atoms with Crippen molar-refractivity contribution in [3.05, 3.63) is 78.4 Å². The first kappa shape index (κ1) is 16.1. The van der Waals surface area contributed by atoms with Crippen LogP contribution in [0.2, 0.25) is 0 Å². The Kier molecular flexibility index (Phi) is 3.31. The summed E-state index contributed by atoms with van der Waals surface area (Å²) in [6, 6.07) is 24.4. The van der Waals surface area contributed by atoms with Crippen LogP contribution in [0.1, 0.15) is 24.3 Å². The molecule has 6 rings (SSSR count). The lowest BCUT2D eigenvalue weighted by Crippen LogP contribution is -2.33. The minimum Gasteiger partial charge on any atom is -0.274 e. The SMILES string of the molecule is O=C1[C@@H]2[C@@H]3C[C@@H]([C@@H]2C(=O)N1c1cccc2ccccc12)[C@H](c1ccccc1)C3. The third kappa shape index (κ3) is 2.05. The number of anilines is 1. The van der Waals surface area contributed by atoms with Crippen LogP contribution in [-0.4, -0.2) is 11.8 Å². The highest BCUT2D eigenvalue weighted by molar-refractivity contribution is 6.25. The van der Waals surface area contributed by atoms with Crippen molar-refractivity contribution in [2.75, 3.05) is 4.90 Å². The summed E-state index contributed by atoms with van der Waals surface area (Å²) in [6.07, 6.45) is 2.04. The van der Waals surface area contributed by atoms with E-state index < -0.39 is 0 Å². The van der Waals surface area contributed by atoms with Crippen LogP contribution in [-0.2, 0) is 9.59 Å². The fraction of sp³-hybridized carbons (Fsp3) is 0.280. The highest BCUT2D eigenvalue weighted by Crippen LogP contribution is 2.62. The molecule has 2 saturated carbocycles. The van der Waals surface area contributed by atoms with Gasteiger partial charge in [0.15, 0.2) is 0 Å². The number of rotatable bonds is 2. The molecular weight excluding hydrogens is 346 g/mol. The average Bonchev–Trinajstić information content (AvgIpc) is 3.40. The van der Waals surface area contributed by atoms with E-state index in [-0.39, 0.29) is 29.6 Å². The molecule has 0 spiro atoms. The average molecular weight is 367 g/mol. The van der Waals surface area contributed by atoms with E-state index in [9.17, 15) is 9.59 Å². The van der Waals surface area contributed by atoms with Gasteiger partial charge < -0.3 is 0 Å². The quantitative estimate of drug-likeness (QED) is 0.612. The van der Waals surface area contributed by atoms with Crippen LogP contribution < -0.4 is 4.90 Å². The zero-order chi connectivity index (χ0) is 18.8. The molecule has 1 aliphatic heterocycles. The topological polar surface area (TPSA) is 37.4 Å². The van der Waals surface area contributed by atoms with E-state index in [4.69, 9.17) is 0 Å². The smallest absolute Gasteiger partial charge is 0.238 e. The Labute approximate surface area is 164 Å². The van der Waals surface area contributed by atoms with Crippen molar-refractivity contribution >= 4 is 28.3 Å². The third-order valence-electron chi connectivity index (χ3n) is 7.25. The summed E-state index contributed by atoms with van der Waals surface area (Å²) in [6.45, 7) is 0. The molecule has 3 aliphatic rings. The lowest BCUT2D eigenvalue weighted by molar-refractivity contribution is -0.123. The van der Waals surface area contributed by atoms with Crippen LogP contribution >= 0.6 is 0 Å². The Balaban J connectivity index is 1.41. The molecule has 0 N–H and O–H groups in total. The van der Waals surface area contributed by atoms with Crippen molar-refractivity contribution in [3.63, 3.8) is 0 Å². The van der Waals surface area contributed by atoms with E-state index >= 15 is 0 Å². The number of hydrogen-bond acceptors (Lipinski definition) is 2. The van der Waals surface area contributed by atoms with Crippen molar-refractivity contribution in [1.82, 2.24) is 0 Å². The van der Waals surface area contributed by atoms with E-state index in [1.54, 1.807) is 0 Å². The van der Waals surface area contributed by atoms with Crippen LogP contribution in [0, 0.1) is 23.7 Å². The van der Waals surface area contributed by atoms with Crippen LogP contribution in [0.15, 0.2) is 72.8 Å². The molecule has 2 bridgehead atoms. The standard InChI is InChI=1S/C25H21NO2/c27-24-22-17-13-19(16-7-2-1-3-8-16)20(14-17)23(22)25(28)26(24)21-12-6-10-15-9-4-5-11-18(15)21/h1-12,17,19-20,22-23H,13-14H2/t17-,19-,20+,22+,23-/m0/s1. The van der Waals surface area contributed by atoms with Crippen LogP contribution in [0.4, 0.5) is 5.69 Å². The molecule has 5 atom stereocenters. The number of fused-ring (bicyclic) bond motifs is 6. The molecule has 0 unspecified atom stereocenters. The minimum absolute atomic E-state index is 0.0134. The molecule has 3 heteroatoms. The van der Waals surface area contributed by atoms with Gasteiger partial charge in [-0.05, 0) is 47.6 Å². The van der Waals surface area contributed by atoms with Crippen molar-refractivity contribution in [2.45, 2.75) is 18.8 Å². The molecule has 2 amide bonds. The molecule has 1 heterocycles. The van der Waals surface area contributed by atoms with Gasteiger partial charge in [-0.25, -0.2) is 4.90 Å². The lowest BCUT2D eigenvalue weighted by atomic mass is 9.73. The summed E-state index contributed by atoms with van der Waals surface area (Å²) in [7, 11) is 0. The number of hydrogen-bond donors (Lipinski definition) is 0. The number of benzene rings is 3. The first-order valence-corrected chi connectivity index (χ1v) is 10.1. The van der Waals surface area contributed by atoms with Gasteiger partial charge in [-0.1, -0.05) is 66.7 Å². The fourth-order valence-corrected chi connectivity index (χ4v) is 6.18. The van der Waals surface area contributed by atoms with Crippen molar-refractivity contribution in [2.24, 2.45) is 23.7 Å². The second-order valence-electron chi connectivity index (χ2n) is 8.47. The fourth-order valence-electron chi connectivity index (χ4n) is 6.18. The molecule has 28 heavy (non-hydrogen) atoms. The molecule has 3 aromatic carbocycles. The summed E-state index contributed by atoms with van der Waals surface area (Å²) in [5, 5.41) is 2.03.